The Hall–Kier alpha value is -2.22. The number of nitrogens with one attached hydrogen (secondary N) is 2. The Morgan fingerprint density at radius 3 is 2.37 bits per heavy atom. The molecule has 0 aromatic heterocycles. The number of carbonyl (C=O) groups excluding carboxylic acids is 1. The van der Waals surface area contributed by atoms with Crippen LogP contribution in [0.1, 0.15) is 52.7 Å². The summed E-state index contributed by atoms with van der Waals surface area (Å²) in [7, 11) is -3.59. The summed E-state index contributed by atoms with van der Waals surface area (Å²) in [6.07, 6.45) is 4.30. The zero-order valence-corrected chi connectivity index (χ0v) is 18.2. The van der Waals surface area contributed by atoms with E-state index in [1.807, 2.05) is 19.1 Å². The number of rotatable bonds is 8. The van der Waals surface area contributed by atoms with E-state index < -0.39 is 10.0 Å². The standard InChI is InChI=1S/C23H29N3O3S/c1-17-4-11-21(30(28,29)25-20-9-10-20)14-22(17)23(27)24-15-18-5-7-19(8-6-18)16-26-12-2-3-13-26/h4-8,11,14,20,25H,2-3,9-10,12-13,15-16H2,1H3,(H,24,27). The molecule has 0 bridgehead atoms. The van der Waals surface area contributed by atoms with E-state index in [4.69, 9.17) is 0 Å². The zero-order valence-electron chi connectivity index (χ0n) is 17.4. The molecule has 2 aliphatic rings. The van der Waals surface area contributed by atoms with Crippen molar-refractivity contribution < 1.29 is 13.2 Å². The summed E-state index contributed by atoms with van der Waals surface area (Å²) in [4.78, 5) is 15.3. The molecule has 2 aromatic carbocycles. The molecule has 2 aromatic rings. The molecule has 30 heavy (non-hydrogen) atoms. The van der Waals surface area contributed by atoms with Crippen molar-refractivity contribution in [3.05, 3.63) is 64.7 Å². The van der Waals surface area contributed by atoms with Gasteiger partial charge in [0.15, 0.2) is 0 Å². The topological polar surface area (TPSA) is 78.5 Å². The quantitative estimate of drug-likeness (QED) is 0.679. The summed E-state index contributed by atoms with van der Waals surface area (Å²) < 4.78 is 27.6. The number of sulfonamides is 1. The molecule has 0 radical (unpaired) electrons. The second-order valence-corrected chi connectivity index (χ2v) is 10.1. The largest absolute Gasteiger partial charge is 0.348 e. The molecule has 2 N–H and O–H groups in total. The number of carbonyl (C=O) groups is 1. The second-order valence-electron chi connectivity index (χ2n) is 8.35. The lowest BCUT2D eigenvalue weighted by Gasteiger charge is -2.15. The lowest BCUT2D eigenvalue weighted by atomic mass is 10.1. The summed E-state index contributed by atoms with van der Waals surface area (Å²) in [6.45, 7) is 5.53. The van der Waals surface area contributed by atoms with Crippen LogP contribution >= 0.6 is 0 Å². The maximum Gasteiger partial charge on any atom is 0.251 e. The van der Waals surface area contributed by atoms with Gasteiger partial charge >= 0.3 is 0 Å². The van der Waals surface area contributed by atoms with Crippen molar-refractivity contribution in [2.24, 2.45) is 0 Å². The minimum Gasteiger partial charge on any atom is -0.348 e. The fraction of sp³-hybridized carbons (Fsp3) is 0.435. The summed E-state index contributed by atoms with van der Waals surface area (Å²) in [6, 6.07) is 13.0. The van der Waals surface area contributed by atoms with E-state index in [1.165, 1.54) is 37.6 Å². The van der Waals surface area contributed by atoms with Crippen LogP contribution in [-0.4, -0.2) is 38.4 Å². The predicted molar refractivity (Wildman–Crippen MR) is 117 cm³/mol. The first-order valence-corrected chi connectivity index (χ1v) is 12.1. The number of hydrogen-bond donors (Lipinski definition) is 2. The first-order valence-electron chi connectivity index (χ1n) is 10.6. The molecule has 2 fully saturated rings. The predicted octanol–water partition coefficient (Wildman–Crippen LogP) is 2.96. The molecular formula is C23H29N3O3S. The van der Waals surface area contributed by atoms with Gasteiger partial charge in [-0.2, -0.15) is 0 Å². The van der Waals surface area contributed by atoms with E-state index in [0.717, 1.165) is 30.5 Å². The summed E-state index contributed by atoms with van der Waals surface area (Å²) in [5, 5.41) is 2.92. The first kappa shape index (κ1) is 21.0. The van der Waals surface area contributed by atoms with Crippen molar-refractivity contribution >= 4 is 15.9 Å². The Labute approximate surface area is 178 Å². The highest BCUT2D eigenvalue weighted by Crippen LogP contribution is 2.23. The number of benzene rings is 2. The van der Waals surface area contributed by atoms with Crippen molar-refractivity contribution in [3.63, 3.8) is 0 Å². The van der Waals surface area contributed by atoms with Gasteiger partial charge in [0.2, 0.25) is 10.0 Å². The fourth-order valence-corrected chi connectivity index (χ4v) is 5.07. The lowest BCUT2D eigenvalue weighted by molar-refractivity contribution is 0.0950. The van der Waals surface area contributed by atoms with Gasteiger partial charge in [0.1, 0.15) is 0 Å². The van der Waals surface area contributed by atoms with Crippen LogP contribution in [0.15, 0.2) is 47.4 Å². The van der Waals surface area contributed by atoms with E-state index >= 15 is 0 Å². The van der Waals surface area contributed by atoms with Gasteiger partial charge in [-0.15, -0.1) is 0 Å². The van der Waals surface area contributed by atoms with Gasteiger partial charge in [0.05, 0.1) is 4.90 Å². The average Bonchev–Trinajstić information content (AvgIpc) is 3.38. The molecule has 4 rings (SSSR count). The molecule has 0 unspecified atom stereocenters. The zero-order chi connectivity index (χ0) is 21.1. The molecule has 1 aliphatic carbocycles. The van der Waals surface area contributed by atoms with E-state index in [-0.39, 0.29) is 16.8 Å². The van der Waals surface area contributed by atoms with Crippen molar-refractivity contribution in [3.8, 4) is 0 Å². The van der Waals surface area contributed by atoms with Gasteiger partial charge in [-0.1, -0.05) is 30.3 Å². The molecule has 1 amide bonds. The number of amides is 1. The maximum absolute atomic E-state index is 12.7. The van der Waals surface area contributed by atoms with Crippen LogP contribution in [0.5, 0.6) is 0 Å². The molecule has 1 aliphatic heterocycles. The van der Waals surface area contributed by atoms with Gasteiger partial charge in [-0.3, -0.25) is 9.69 Å². The summed E-state index contributed by atoms with van der Waals surface area (Å²) in [5.74, 6) is -0.267. The van der Waals surface area contributed by atoms with Crippen LogP contribution in [0, 0.1) is 6.92 Å². The van der Waals surface area contributed by atoms with Crippen LogP contribution in [0.25, 0.3) is 0 Å². The van der Waals surface area contributed by atoms with Crippen molar-refractivity contribution in [2.45, 2.75) is 56.6 Å². The highest BCUT2D eigenvalue weighted by atomic mass is 32.2. The molecule has 0 atom stereocenters. The minimum absolute atomic E-state index is 0.0296. The second kappa shape index (κ2) is 8.88. The Morgan fingerprint density at radius 2 is 1.70 bits per heavy atom. The van der Waals surface area contributed by atoms with Gasteiger partial charge in [0, 0.05) is 24.7 Å². The normalized spacial score (nSPS) is 17.2. The van der Waals surface area contributed by atoms with Crippen LogP contribution < -0.4 is 10.0 Å². The van der Waals surface area contributed by atoms with Gasteiger partial charge in [0.25, 0.3) is 5.91 Å². The van der Waals surface area contributed by atoms with E-state index in [2.05, 4.69) is 27.1 Å². The Bertz CT molecular complexity index is 1010. The molecule has 7 heteroatoms. The van der Waals surface area contributed by atoms with Gasteiger partial charge in [-0.25, -0.2) is 13.1 Å². The van der Waals surface area contributed by atoms with E-state index in [1.54, 1.807) is 12.1 Å². The highest BCUT2D eigenvalue weighted by Gasteiger charge is 2.28. The summed E-state index contributed by atoms with van der Waals surface area (Å²) in [5.41, 5.74) is 3.44. The molecule has 1 saturated heterocycles. The molecule has 160 valence electrons. The van der Waals surface area contributed by atoms with Crippen LogP contribution in [-0.2, 0) is 23.1 Å². The molecule has 6 nitrogen and oxygen atoms in total. The van der Waals surface area contributed by atoms with Gasteiger partial charge < -0.3 is 5.32 Å². The van der Waals surface area contributed by atoms with Crippen LogP contribution in [0.4, 0.5) is 0 Å². The third-order valence-corrected chi connectivity index (χ3v) is 7.26. The number of aryl methyl sites for hydroxylation is 1. The fourth-order valence-electron chi connectivity index (χ4n) is 3.74. The van der Waals surface area contributed by atoms with Crippen LogP contribution in [0.3, 0.4) is 0 Å². The van der Waals surface area contributed by atoms with Crippen LogP contribution in [0.2, 0.25) is 0 Å². The summed E-state index contributed by atoms with van der Waals surface area (Å²) >= 11 is 0. The number of hydrogen-bond acceptors (Lipinski definition) is 4. The molecule has 1 saturated carbocycles. The number of nitrogens with zero attached hydrogens (tertiary/aromatic N) is 1. The smallest absolute Gasteiger partial charge is 0.251 e. The average molecular weight is 428 g/mol. The highest BCUT2D eigenvalue weighted by molar-refractivity contribution is 7.89. The SMILES string of the molecule is Cc1ccc(S(=O)(=O)NC2CC2)cc1C(=O)NCc1ccc(CN2CCCC2)cc1. The minimum atomic E-state index is -3.59. The third kappa shape index (κ3) is 5.28. The van der Waals surface area contributed by atoms with Gasteiger partial charge in [-0.05, 0) is 74.5 Å². The Kier molecular flexibility index (Phi) is 6.22. The lowest BCUT2D eigenvalue weighted by Crippen LogP contribution is -2.27. The molecule has 1 heterocycles. The van der Waals surface area contributed by atoms with Crippen molar-refractivity contribution in [1.29, 1.82) is 0 Å². The third-order valence-electron chi connectivity index (χ3n) is 5.74. The number of likely N-dealkylation sites (tertiary alicyclic amines) is 1. The maximum atomic E-state index is 12.7. The molecule has 0 spiro atoms. The van der Waals surface area contributed by atoms with Crippen molar-refractivity contribution in [1.82, 2.24) is 14.9 Å². The monoisotopic (exact) mass is 427 g/mol. The van der Waals surface area contributed by atoms with E-state index in [0.29, 0.717) is 12.1 Å². The Morgan fingerprint density at radius 1 is 1.03 bits per heavy atom. The van der Waals surface area contributed by atoms with E-state index in [9.17, 15) is 13.2 Å². The van der Waals surface area contributed by atoms with Crippen molar-refractivity contribution in [2.75, 3.05) is 13.1 Å². The first-order chi connectivity index (χ1) is 14.4. The molecular weight excluding hydrogens is 398 g/mol. The Balaban J connectivity index is 1.38.